The second-order valence-corrected chi connectivity index (χ2v) is 6.85. The van der Waals surface area contributed by atoms with Crippen LogP contribution in [0.15, 0.2) is 0 Å². The number of hydrogen-bond donors (Lipinski definition) is 2. The van der Waals surface area contributed by atoms with Gasteiger partial charge in [0.1, 0.15) is 0 Å². The Hall–Kier alpha value is -0.620. The van der Waals surface area contributed by atoms with Gasteiger partial charge in [0.15, 0.2) is 0 Å². The summed E-state index contributed by atoms with van der Waals surface area (Å²) in [6, 6.07) is 0. The van der Waals surface area contributed by atoms with Gasteiger partial charge in [0.2, 0.25) is 10.0 Å². The van der Waals surface area contributed by atoms with E-state index < -0.39 is 16.0 Å². The Labute approximate surface area is 97.3 Å². The fourth-order valence-corrected chi connectivity index (χ4v) is 1.97. The Kier molecular flexibility index (Phi) is 5.41. The molecule has 5 nitrogen and oxygen atoms in total. The molecule has 0 aromatic carbocycles. The molecule has 6 heteroatoms. The number of carboxylic acid groups (broad SMARTS) is 1. The lowest BCUT2D eigenvalue weighted by molar-refractivity contribution is -0.136. The van der Waals surface area contributed by atoms with Gasteiger partial charge < -0.3 is 5.11 Å². The van der Waals surface area contributed by atoms with Crippen molar-refractivity contribution in [3.05, 3.63) is 0 Å². The van der Waals surface area contributed by atoms with E-state index >= 15 is 0 Å². The Morgan fingerprint density at radius 3 is 2.25 bits per heavy atom. The third-order valence-corrected chi connectivity index (χ3v) is 4.22. The molecule has 0 rings (SSSR count). The van der Waals surface area contributed by atoms with E-state index in [2.05, 4.69) is 4.72 Å². The average Bonchev–Trinajstić information content (AvgIpc) is 2.12. The van der Waals surface area contributed by atoms with Gasteiger partial charge in [-0.3, -0.25) is 4.79 Å². The second kappa shape index (κ2) is 5.63. The summed E-state index contributed by atoms with van der Waals surface area (Å²) in [4.78, 5) is 10.3. The second-order valence-electron chi connectivity index (χ2n) is 4.93. The average molecular weight is 251 g/mol. The molecule has 0 saturated heterocycles. The molecule has 2 N–H and O–H groups in total. The normalized spacial score (nSPS) is 13.1. The Balaban J connectivity index is 4.24. The van der Waals surface area contributed by atoms with Gasteiger partial charge in [-0.15, -0.1) is 0 Å². The van der Waals surface area contributed by atoms with E-state index in [1.54, 1.807) is 0 Å². The number of rotatable bonds is 7. The summed E-state index contributed by atoms with van der Waals surface area (Å²) in [6.45, 7) is 8.30. The summed E-state index contributed by atoms with van der Waals surface area (Å²) in [5.41, 5.74) is -0.143. The molecule has 0 aliphatic carbocycles. The van der Waals surface area contributed by atoms with Crippen molar-refractivity contribution in [2.45, 2.75) is 34.1 Å². The lowest BCUT2D eigenvalue weighted by atomic mass is 9.81. The first-order valence-corrected chi connectivity index (χ1v) is 6.91. The van der Waals surface area contributed by atoms with Gasteiger partial charge in [0.25, 0.3) is 0 Å². The Morgan fingerprint density at radius 1 is 1.38 bits per heavy atom. The highest BCUT2D eigenvalue weighted by Gasteiger charge is 2.24. The molecule has 0 aromatic rings. The van der Waals surface area contributed by atoms with Gasteiger partial charge in [-0.1, -0.05) is 27.7 Å². The molecule has 16 heavy (non-hydrogen) atoms. The van der Waals surface area contributed by atoms with Crippen LogP contribution in [0.25, 0.3) is 0 Å². The quantitative estimate of drug-likeness (QED) is 0.708. The summed E-state index contributed by atoms with van der Waals surface area (Å²) >= 11 is 0. The molecule has 0 unspecified atom stereocenters. The first-order chi connectivity index (χ1) is 7.07. The zero-order chi connectivity index (χ0) is 13.0. The summed E-state index contributed by atoms with van der Waals surface area (Å²) in [6.07, 6.45) is -0.364. The van der Waals surface area contributed by atoms with E-state index in [4.69, 9.17) is 5.11 Å². The van der Waals surface area contributed by atoms with Crippen LogP contribution in [-0.2, 0) is 14.8 Å². The van der Waals surface area contributed by atoms with Crippen molar-refractivity contribution >= 4 is 16.0 Å². The summed E-state index contributed by atoms with van der Waals surface area (Å²) in [5, 5.41) is 8.40. The predicted octanol–water partition coefficient (Wildman–Crippen LogP) is 1.06. The molecule has 0 heterocycles. The molecule has 0 aromatic heterocycles. The van der Waals surface area contributed by atoms with Crippen molar-refractivity contribution in [2.24, 2.45) is 11.3 Å². The fraction of sp³-hybridized carbons (Fsp3) is 0.900. The van der Waals surface area contributed by atoms with Crippen LogP contribution in [0.5, 0.6) is 0 Å². The van der Waals surface area contributed by atoms with Crippen molar-refractivity contribution in [1.82, 2.24) is 4.72 Å². The molecule has 0 bridgehead atoms. The molecule has 96 valence electrons. The summed E-state index contributed by atoms with van der Waals surface area (Å²) in [5.74, 6) is -1.13. The van der Waals surface area contributed by atoms with Crippen molar-refractivity contribution in [1.29, 1.82) is 0 Å². The number of hydrogen-bond acceptors (Lipinski definition) is 3. The molecular formula is C10H21NO4S. The van der Waals surface area contributed by atoms with Gasteiger partial charge >= 0.3 is 5.97 Å². The van der Waals surface area contributed by atoms with E-state index in [0.717, 1.165) is 0 Å². The predicted molar refractivity (Wildman–Crippen MR) is 62.7 cm³/mol. The summed E-state index contributed by atoms with van der Waals surface area (Å²) in [7, 11) is -3.47. The van der Waals surface area contributed by atoms with Gasteiger partial charge in [0, 0.05) is 6.54 Å². The van der Waals surface area contributed by atoms with Crippen LogP contribution in [0.1, 0.15) is 34.1 Å². The van der Waals surface area contributed by atoms with Gasteiger partial charge in [-0.25, -0.2) is 13.1 Å². The highest BCUT2D eigenvalue weighted by atomic mass is 32.2. The number of carboxylic acids is 1. The molecule has 0 aliphatic rings. The third kappa shape index (κ3) is 6.07. The van der Waals surface area contributed by atoms with E-state index in [1.807, 2.05) is 27.7 Å². The first kappa shape index (κ1) is 15.4. The third-order valence-electron chi connectivity index (χ3n) is 2.90. The molecule has 0 atom stereocenters. The zero-order valence-electron chi connectivity index (χ0n) is 10.3. The van der Waals surface area contributed by atoms with Crippen molar-refractivity contribution < 1.29 is 18.3 Å². The zero-order valence-corrected chi connectivity index (χ0v) is 11.1. The van der Waals surface area contributed by atoms with E-state index in [9.17, 15) is 13.2 Å². The van der Waals surface area contributed by atoms with Gasteiger partial charge in [0.05, 0.1) is 12.2 Å². The first-order valence-electron chi connectivity index (χ1n) is 5.26. The monoisotopic (exact) mass is 251 g/mol. The van der Waals surface area contributed by atoms with Crippen molar-refractivity contribution in [3.63, 3.8) is 0 Å². The number of carbonyl (C=O) groups is 1. The van der Waals surface area contributed by atoms with Gasteiger partial charge in [-0.05, 0) is 11.3 Å². The number of aliphatic carboxylic acids is 1. The van der Waals surface area contributed by atoms with Gasteiger partial charge in [-0.2, -0.15) is 0 Å². The Morgan fingerprint density at radius 2 is 1.88 bits per heavy atom. The highest BCUT2D eigenvalue weighted by Crippen LogP contribution is 2.24. The number of nitrogens with one attached hydrogen (secondary N) is 1. The largest absolute Gasteiger partial charge is 0.481 e. The standard InChI is InChI=1S/C10H21NO4S/c1-8(2)10(3,4)7-11-16(14,15)6-5-9(12)13/h8,11H,5-7H2,1-4H3,(H,12,13). The Bertz CT molecular complexity index is 333. The lowest BCUT2D eigenvalue weighted by Crippen LogP contribution is -2.38. The van der Waals surface area contributed by atoms with Crippen LogP contribution in [0, 0.1) is 11.3 Å². The number of sulfonamides is 1. The molecule has 0 spiro atoms. The molecule has 0 amide bonds. The van der Waals surface area contributed by atoms with Crippen molar-refractivity contribution in [3.8, 4) is 0 Å². The molecule has 0 fully saturated rings. The van der Waals surface area contributed by atoms with Crippen molar-refractivity contribution in [2.75, 3.05) is 12.3 Å². The van der Waals surface area contributed by atoms with Crippen LogP contribution in [0.3, 0.4) is 0 Å². The minimum atomic E-state index is -3.47. The van der Waals surface area contributed by atoms with Crippen LogP contribution in [0.2, 0.25) is 0 Å². The smallest absolute Gasteiger partial charge is 0.304 e. The molecular weight excluding hydrogens is 230 g/mol. The van der Waals surface area contributed by atoms with Crippen LogP contribution >= 0.6 is 0 Å². The SMILES string of the molecule is CC(C)C(C)(C)CNS(=O)(=O)CCC(=O)O. The summed E-state index contributed by atoms with van der Waals surface area (Å²) < 4.78 is 25.3. The minimum absolute atomic E-state index is 0.143. The minimum Gasteiger partial charge on any atom is -0.481 e. The lowest BCUT2D eigenvalue weighted by Gasteiger charge is -2.29. The van der Waals surface area contributed by atoms with E-state index in [1.165, 1.54) is 0 Å². The van der Waals surface area contributed by atoms with Crippen LogP contribution in [0.4, 0.5) is 0 Å². The molecule has 0 saturated carbocycles. The topological polar surface area (TPSA) is 83.5 Å². The van der Waals surface area contributed by atoms with Crippen LogP contribution in [-0.4, -0.2) is 31.8 Å². The maximum atomic E-state index is 11.4. The molecule has 0 radical (unpaired) electrons. The fourth-order valence-electron chi connectivity index (χ4n) is 0.794. The maximum Gasteiger partial charge on any atom is 0.304 e. The maximum absolute atomic E-state index is 11.4. The van der Waals surface area contributed by atoms with Crippen LogP contribution < -0.4 is 4.72 Å². The van der Waals surface area contributed by atoms with E-state index in [-0.39, 0.29) is 17.6 Å². The van der Waals surface area contributed by atoms with E-state index in [0.29, 0.717) is 12.5 Å². The highest BCUT2D eigenvalue weighted by molar-refractivity contribution is 7.89. The molecule has 0 aliphatic heterocycles.